The summed E-state index contributed by atoms with van der Waals surface area (Å²) < 4.78 is 11.8. The van der Waals surface area contributed by atoms with Gasteiger partial charge in [-0.05, 0) is 68.9 Å². The summed E-state index contributed by atoms with van der Waals surface area (Å²) in [4.78, 5) is 16.2. The molecular formula is C26H34N2O4. The van der Waals surface area contributed by atoms with Gasteiger partial charge in [-0.3, -0.25) is 5.32 Å². The van der Waals surface area contributed by atoms with Gasteiger partial charge < -0.3 is 14.3 Å². The minimum Gasteiger partial charge on any atom is -0.478 e. The van der Waals surface area contributed by atoms with Gasteiger partial charge in [0, 0.05) is 6.04 Å². The highest BCUT2D eigenvalue weighted by Crippen LogP contribution is 2.30. The van der Waals surface area contributed by atoms with Crippen molar-refractivity contribution in [3.05, 3.63) is 60.0 Å². The smallest absolute Gasteiger partial charge is 0.347 e. The fraction of sp³-hybridized carbons (Fsp3) is 0.462. The van der Waals surface area contributed by atoms with Crippen molar-refractivity contribution in [3.63, 3.8) is 0 Å². The zero-order valence-electron chi connectivity index (χ0n) is 19.6. The Morgan fingerprint density at radius 2 is 1.88 bits per heavy atom. The van der Waals surface area contributed by atoms with E-state index in [9.17, 15) is 9.90 Å². The van der Waals surface area contributed by atoms with Gasteiger partial charge in [0.25, 0.3) is 0 Å². The van der Waals surface area contributed by atoms with Gasteiger partial charge >= 0.3 is 5.97 Å². The summed E-state index contributed by atoms with van der Waals surface area (Å²) in [6.07, 6.45) is 2.80. The van der Waals surface area contributed by atoms with Gasteiger partial charge in [0.2, 0.25) is 5.89 Å². The number of carbonyl (C=O) groups is 1. The molecule has 1 aromatic heterocycles. The number of carboxylic acids is 1. The van der Waals surface area contributed by atoms with Gasteiger partial charge in [-0.2, -0.15) is 0 Å². The fourth-order valence-electron chi connectivity index (χ4n) is 3.64. The second-order valence-electron chi connectivity index (χ2n) is 9.16. The molecule has 0 saturated carbocycles. The van der Waals surface area contributed by atoms with Crippen molar-refractivity contribution in [1.29, 1.82) is 0 Å². The number of hydrogen-bond donors (Lipinski definition) is 2. The number of para-hydroxylation sites is 2. The van der Waals surface area contributed by atoms with Gasteiger partial charge in [-0.15, -0.1) is 0 Å². The number of nitrogens with one attached hydrogen (secondary N) is 1. The van der Waals surface area contributed by atoms with Crippen LogP contribution >= 0.6 is 0 Å². The number of rotatable bonds is 11. The van der Waals surface area contributed by atoms with E-state index in [2.05, 4.69) is 26.1 Å². The molecule has 0 fully saturated rings. The first kappa shape index (κ1) is 23.8. The molecule has 6 heteroatoms. The van der Waals surface area contributed by atoms with Crippen molar-refractivity contribution < 1.29 is 19.1 Å². The van der Waals surface area contributed by atoms with Crippen LogP contribution in [0.2, 0.25) is 0 Å². The third-order valence-electron chi connectivity index (χ3n) is 5.60. The number of fused-ring (bicyclic) bond motifs is 1. The number of ether oxygens (including phenoxy) is 1. The van der Waals surface area contributed by atoms with Crippen molar-refractivity contribution >= 4 is 17.1 Å². The van der Waals surface area contributed by atoms with Crippen LogP contribution in [0.15, 0.2) is 52.9 Å². The number of oxazole rings is 1. The molecular weight excluding hydrogens is 404 g/mol. The number of hydrogen-bond acceptors (Lipinski definition) is 5. The van der Waals surface area contributed by atoms with Crippen LogP contribution in [0.5, 0.6) is 5.75 Å². The first-order chi connectivity index (χ1) is 15.2. The van der Waals surface area contributed by atoms with Crippen LogP contribution < -0.4 is 10.1 Å². The Morgan fingerprint density at radius 3 is 2.53 bits per heavy atom. The molecule has 0 radical (unpaired) electrons. The second kappa shape index (κ2) is 10.2. The topological polar surface area (TPSA) is 84.6 Å². The molecule has 2 atom stereocenters. The van der Waals surface area contributed by atoms with Crippen molar-refractivity contribution in [1.82, 2.24) is 10.3 Å². The molecule has 6 nitrogen and oxygen atoms in total. The standard InChI is InChI=1S/C26H34N2O4/c1-6-20(18-10-9-11-19(16-18)32-26(4,5)25(29)30)27-22(15-14-17(2)3)24-28-21-12-7-8-13-23(21)31-24/h7-13,16-17,20,22,27H,6,14-15H2,1-5H3,(H,29,30). The van der Waals surface area contributed by atoms with E-state index < -0.39 is 11.6 Å². The molecule has 0 saturated heterocycles. The lowest BCUT2D eigenvalue weighted by molar-refractivity contribution is -0.152. The van der Waals surface area contributed by atoms with Crippen LogP contribution in [0.4, 0.5) is 0 Å². The molecule has 0 aliphatic carbocycles. The van der Waals surface area contributed by atoms with Crippen LogP contribution in [-0.4, -0.2) is 21.7 Å². The van der Waals surface area contributed by atoms with Gasteiger partial charge in [-0.25, -0.2) is 9.78 Å². The van der Waals surface area contributed by atoms with Crippen molar-refractivity contribution in [3.8, 4) is 5.75 Å². The molecule has 32 heavy (non-hydrogen) atoms. The maximum Gasteiger partial charge on any atom is 0.347 e. The van der Waals surface area contributed by atoms with Crippen LogP contribution in [0.3, 0.4) is 0 Å². The Hall–Kier alpha value is -2.86. The highest BCUT2D eigenvalue weighted by Gasteiger charge is 2.30. The predicted molar refractivity (Wildman–Crippen MR) is 126 cm³/mol. The normalized spacial score (nSPS) is 13.9. The Balaban J connectivity index is 1.85. The SMILES string of the molecule is CCC(NC(CCC(C)C)c1nc2ccccc2o1)c1cccc(OC(C)(C)C(=O)O)c1. The van der Waals surface area contributed by atoms with Crippen LogP contribution in [0, 0.1) is 5.92 Å². The van der Waals surface area contributed by atoms with Gasteiger partial charge in [-0.1, -0.05) is 45.0 Å². The Morgan fingerprint density at radius 1 is 1.12 bits per heavy atom. The van der Waals surface area contributed by atoms with Crippen molar-refractivity contribution in [2.24, 2.45) is 5.92 Å². The monoisotopic (exact) mass is 438 g/mol. The summed E-state index contributed by atoms with van der Waals surface area (Å²) >= 11 is 0. The average Bonchev–Trinajstić information content (AvgIpc) is 3.17. The Labute approximate surface area is 190 Å². The maximum atomic E-state index is 11.4. The third kappa shape index (κ3) is 5.88. The largest absolute Gasteiger partial charge is 0.478 e. The second-order valence-corrected chi connectivity index (χ2v) is 9.16. The Kier molecular flexibility index (Phi) is 7.56. The average molecular weight is 439 g/mol. The van der Waals surface area contributed by atoms with Crippen molar-refractivity contribution in [2.45, 2.75) is 71.6 Å². The number of carboxylic acid groups (broad SMARTS) is 1. The molecule has 3 aromatic rings. The van der Waals surface area contributed by atoms with E-state index in [-0.39, 0.29) is 12.1 Å². The summed E-state index contributed by atoms with van der Waals surface area (Å²) in [5, 5.41) is 13.1. The molecule has 0 aliphatic rings. The van der Waals surface area contributed by atoms with E-state index in [1.165, 1.54) is 0 Å². The lowest BCUT2D eigenvalue weighted by atomic mass is 9.99. The van der Waals surface area contributed by atoms with Gasteiger partial charge in [0.1, 0.15) is 11.3 Å². The minimum atomic E-state index is -1.30. The highest BCUT2D eigenvalue weighted by atomic mass is 16.5. The summed E-state index contributed by atoms with van der Waals surface area (Å²) in [7, 11) is 0. The molecule has 0 spiro atoms. The highest BCUT2D eigenvalue weighted by molar-refractivity contribution is 5.76. The van der Waals surface area contributed by atoms with Gasteiger partial charge in [0.05, 0.1) is 6.04 Å². The van der Waals surface area contributed by atoms with Gasteiger partial charge in [0.15, 0.2) is 11.2 Å². The lowest BCUT2D eigenvalue weighted by Crippen LogP contribution is -2.37. The Bertz CT molecular complexity index is 1010. The molecule has 2 aromatic carbocycles. The summed E-state index contributed by atoms with van der Waals surface area (Å²) in [6.45, 7) is 9.65. The number of nitrogens with zero attached hydrogens (tertiary/aromatic N) is 1. The van der Waals surface area contributed by atoms with E-state index in [0.29, 0.717) is 17.6 Å². The van der Waals surface area contributed by atoms with Crippen molar-refractivity contribution in [2.75, 3.05) is 0 Å². The molecule has 0 amide bonds. The quantitative estimate of drug-likeness (QED) is 0.366. The molecule has 3 rings (SSSR count). The number of benzene rings is 2. The predicted octanol–water partition coefficient (Wildman–Crippen LogP) is 6.29. The first-order valence-corrected chi connectivity index (χ1v) is 11.3. The van der Waals surface area contributed by atoms with E-state index in [0.717, 1.165) is 35.9 Å². The minimum absolute atomic E-state index is 0.0326. The fourth-order valence-corrected chi connectivity index (χ4v) is 3.64. The summed E-state index contributed by atoms with van der Waals surface area (Å²) in [6, 6.07) is 15.5. The zero-order chi connectivity index (χ0) is 23.3. The van der Waals surface area contributed by atoms with Crippen LogP contribution in [-0.2, 0) is 4.79 Å². The van der Waals surface area contributed by atoms with E-state index in [1.54, 1.807) is 19.9 Å². The van der Waals surface area contributed by atoms with E-state index >= 15 is 0 Å². The molecule has 2 N–H and O–H groups in total. The van der Waals surface area contributed by atoms with E-state index in [1.807, 2.05) is 42.5 Å². The first-order valence-electron chi connectivity index (χ1n) is 11.3. The number of aliphatic carboxylic acids is 1. The van der Waals surface area contributed by atoms with Crippen LogP contribution in [0.25, 0.3) is 11.1 Å². The summed E-state index contributed by atoms with van der Waals surface area (Å²) in [5.41, 5.74) is 1.39. The molecule has 2 unspecified atom stereocenters. The summed E-state index contributed by atoms with van der Waals surface area (Å²) in [5.74, 6) is 0.803. The number of aromatic nitrogens is 1. The maximum absolute atomic E-state index is 11.4. The third-order valence-corrected chi connectivity index (χ3v) is 5.60. The lowest BCUT2D eigenvalue weighted by Gasteiger charge is -2.26. The molecule has 1 heterocycles. The van der Waals surface area contributed by atoms with Crippen LogP contribution in [0.1, 0.15) is 77.4 Å². The zero-order valence-corrected chi connectivity index (χ0v) is 19.6. The molecule has 172 valence electrons. The molecule has 0 bridgehead atoms. The van der Waals surface area contributed by atoms with E-state index in [4.69, 9.17) is 14.1 Å². The molecule has 0 aliphatic heterocycles.